The van der Waals surface area contributed by atoms with Gasteiger partial charge in [-0.2, -0.15) is 0 Å². The number of piperidine rings is 1. The van der Waals surface area contributed by atoms with Crippen LogP contribution >= 0.6 is 11.6 Å². The number of halogens is 1. The lowest BCUT2D eigenvalue weighted by Crippen LogP contribution is -2.52. The molecule has 1 aromatic heterocycles. The molecule has 11 nitrogen and oxygen atoms in total. The number of nitrogens with two attached hydrogens (primary N) is 1. The minimum Gasteiger partial charge on any atom is -0.495 e. The molecule has 3 fully saturated rings. The second-order valence-electron chi connectivity index (χ2n) is 11.1. The quantitative estimate of drug-likeness (QED) is 0.374. The van der Waals surface area contributed by atoms with E-state index in [2.05, 4.69) is 42.3 Å². The van der Waals surface area contributed by atoms with E-state index in [4.69, 9.17) is 22.1 Å². The molecule has 12 heteroatoms. The number of hydrogen-bond donors (Lipinski definition) is 4. The summed E-state index contributed by atoms with van der Waals surface area (Å²) >= 11 is 6.37. The maximum atomic E-state index is 12.2. The molecule has 5 rings (SSSR count). The number of piperazine rings is 1. The van der Waals surface area contributed by atoms with E-state index in [-0.39, 0.29) is 28.8 Å². The van der Waals surface area contributed by atoms with Gasteiger partial charge in [-0.15, -0.1) is 0 Å². The number of aromatic nitrogens is 2. The number of benzene rings is 1. The topological polar surface area (TPSA) is 132 Å². The summed E-state index contributed by atoms with van der Waals surface area (Å²) in [5.74, 6) is 0.612. The van der Waals surface area contributed by atoms with Crippen LogP contribution in [0.3, 0.4) is 0 Å². The maximum Gasteiger partial charge on any atom is 0.271 e. The van der Waals surface area contributed by atoms with E-state index in [9.17, 15) is 9.90 Å². The number of aliphatic hydroxyl groups excluding tert-OH is 1. The molecule has 1 amide bonds. The number of rotatable bonds is 8. The number of nitrogens with zero attached hydrogens (tertiary/aromatic N) is 5. The minimum atomic E-state index is -0.726. The number of likely N-dealkylation sites (N-methyl/N-ethyl adjacent to an activating group) is 1. The van der Waals surface area contributed by atoms with Crippen molar-refractivity contribution in [3.05, 3.63) is 29.0 Å². The summed E-state index contributed by atoms with van der Waals surface area (Å²) in [6, 6.07) is 6.63. The molecular weight excluding hydrogens is 532 g/mol. The van der Waals surface area contributed by atoms with Crippen molar-refractivity contribution in [2.24, 2.45) is 5.73 Å². The highest BCUT2D eigenvalue weighted by Crippen LogP contribution is 2.35. The van der Waals surface area contributed by atoms with Gasteiger partial charge in [0.1, 0.15) is 5.75 Å². The predicted octanol–water partition coefficient (Wildman–Crippen LogP) is 2.91. The Bertz CT molecular complexity index is 1180. The molecule has 0 atom stereocenters. The fraction of sp³-hybridized carbons (Fsp3) is 0.607. The highest BCUT2D eigenvalue weighted by molar-refractivity contribution is 6.32. The van der Waals surface area contributed by atoms with Gasteiger partial charge in [-0.05, 0) is 57.7 Å². The van der Waals surface area contributed by atoms with Crippen molar-refractivity contribution in [1.82, 2.24) is 19.8 Å². The van der Waals surface area contributed by atoms with Gasteiger partial charge >= 0.3 is 0 Å². The first-order chi connectivity index (χ1) is 19.3. The molecule has 0 radical (unpaired) electrons. The monoisotopic (exact) mass is 572 g/mol. The molecule has 0 unspecified atom stereocenters. The summed E-state index contributed by atoms with van der Waals surface area (Å²) in [4.78, 5) is 28.4. The third-order valence-electron chi connectivity index (χ3n) is 8.43. The second kappa shape index (κ2) is 12.8. The van der Waals surface area contributed by atoms with Gasteiger partial charge in [0.15, 0.2) is 22.5 Å². The van der Waals surface area contributed by atoms with Crippen molar-refractivity contribution in [3.63, 3.8) is 0 Å². The summed E-state index contributed by atoms with van der Waals surface area (Å²) in [6.45, 7) is 6.52. The molecule has 40 heavy (non-hydrogen) atoms. The van der Waals surface area contributed by atoms with Gasteiger partial charge in [-0.1, -0.05) is 11.6 Å². The van der Waals surface area contributed by atoms with Gasteiger partial charge in [0.2, 0.25) is 0 Å². The van der Waals surface area contributed by atoms with E-state index >= 15 is 0 Å². The summed E-state index contributed by atoms with van der Waals surface area (Å²) in [7, 11) is 3.86. The Balaban J connectivity index is 1.28. The Morgan fingerprint density at radius 1 is 1.02 bits per heavy atom. The van der Waals surface area contributed by atoms with Gasteiger partial charge in [0.05, 0.1) is 18.9 Å². The number of amides is 1. The molecule has 5 N–H and O–H groups in total. The second-order valence-corrected chi connectivity index (χ2v) is 11.5. The number of anilines is 4. The molecule has 3 aliphatic rings. The van der Waals surface area contributed by atoms with E-state index < -0.39 is 5.91 Å². The van der Waals surface area contributed by atoms with Gasteiger partial charge in [0.25, 0.3) is 5.91 Å². The van der Waals surface area contributed by atoms with Crippen LogP contribution in [0.25, 0.3) is 0 Å². The number of hydrogen-bond acceptors (Lipinski definition) is 10. The SMILES string of the molecule is COc1cc(Nc2nc(N[C@H]3CC[C@H](O)CC3)c(Cl)nc2C(N)=O)ccc1N1CCC(N2CCN(C)CC2)CC1. The molecule has 1 saturated carbocycles. The van der Waals surface area contributed by atoms with Crippen molar-refractivity contribution in [3.8, 4) is 5.75 Å². The van der Waals surface area contributed by atoms with Crippen LogP contribution in [0.2, 0.25) is 5.15 Å². The summed E-state index contributed by atoms with van der Waals surface area (Å²) in [6.07, 6.45) is 5.01. The molecule has 2 aliphatic heterocycles. The van der Waals surface area contributed by atoms with E-state index in [1.54, 1.807) is 7.11 Å². The number of primary amides is 1. The Morgan fingerprint density at radius 3 is 2.38 bits per heavy atom. The fourth-order valence-corrected chi connectivity index (χ4v) is 6.17. The summed E-state index contributed by atoms with van der Waals surface area (Å²) < 4.78 is 5.78. The van der Waals surface area contributed by atoms with Crippen LogP contribution < -0.4 is 26.0 Å². The molecule has 1 aliphatic carbocycles. The van der Waals surface area contributed by atoms with Crippen molar-refractivity contribution >= 4 is 40.5 Å². The highest BCUT2D eigenvalue weighted by atomic mass is 35.5. The molecule has 0 bridgehead atoms. The molecule has 1 aromatic carbocycles. The number of nitrogens with one attached hydrogen (secondary N) is 2. The third-order valence-corrected chi connectivity index (χ3v) is 8.69. The largest absolute Gasteiger partial charge is 0.495 e. The van der Waals surface area contributed by atoms with Gasteiger partial charge < -0.3 is 36.0 Å². The number of aliphatic hydroxyl groups is 1. The molecule has 218 valence electrons. The highest BCUT2D eigenvalue weighted by Gasteiger charge is 2.28. The van der Waals surface area contributed by atoms with E-state index in [0.717, 1.165) is 76.4 Å². The lowest BCUT2D eigenvalue weighted by Gasteiger charge is -2.42. The van der Waals surface area contributed by atoms with Gasteiger partial charge in [-0.25, -0.2) is 9.97 Å². The van der Waals surface area contributed by atoms with Crippen molar-refractivity contribution < 1.29 is 14.6 Å². The lowest BCUT2D eigenvalue weighted by molar-refractivity contribution is 0.0981. The first-order valence-electron chi connectivity index (χ1n) is 14.2. The number of methoxy groups -OCH3 is 1. The van der Waals surface area contributed by atoms with E-state index in [0.29, 0.717) is 30.4 Å². The van der Waals surface area contributed by atoms with Crippen LogP contribution in [-0.2, 0) is 0 Å². The molecular formula is C28H41ClN8O3. The zero-order chi connectivity index (χ0) is 28.2. The van der Waals surface area contributed by atoms with Crippen LogP contribution in [-0.4, -0.2) is 102 Å². The number of carbonyl (C=O) groups excluding carboxylic acids is 1. The Labute approximate surface area is 241 Å². The first kappa shape index (κ1) is 28.7. The van der Waals surface area contributed by atoms with Crippen LogP contribution in [0, 0.1) is 0 Å². The van der Waals surface area contributed by atoms with Crippen molar-refractivity contribution in [2.75, 3.05) is 69.0 Å². The zero-order valence-corrected chi connectivity index (χ0v) is 24.2. The normalized spacial score (nSPS) is 23.1. The number of carbonyl (C=O) groups is 1. The molecule has 2 saturated heterocycles. The van der Waals surface area contributed by atoms with Crippen LogP contribution in [0.15, 0.2) is 18.2 Å². The standard InChI is InChI=1S/C28H41ClN8O3/c1-35-13-15-36(16-14-35)20-9-11-37(12-10-20)22-8-5-19(17-23(22)40-2)32-27-24(26(30)39)33-25(29)28(34-27)31-18-3-6-21(38)7-4-18/h5,8,17-18,20-21,38H,3-4,6-7,9-16H2,1-2H3,(H2,30,39)(H2,31,32,34)/t18-,21-. The first-order valence-corrected chi connectivity index (χ1v) is 14.6. The van der Waals surface area contributed by atoms with Crippen molar-refractivity contribution in [2.45, 2.75) is 56.7 Å². The minimum absolute atomic E-state index is 0.0383. The maximum absolute atomic E-state index is 12.2. The summed E-state index contributed by atoms with van der Waals surface area (Å²) in [5.41, 5.74) is 7.31. The summed E-state index contributed by atoms with van der Waals surface area (Å²) in [5, 5.41) is 16.4. The smallest absolute Gasteiger partial charge is 0.271 e. The van der Waals surface area contributed by atoms with E-state index in [1.165, 1.54) is 0 Å². The van der Waals surface area contributed by atoms with Gasteiger partial charge in [-0.3, -0.25) is 9.69 Å². The van der Waals surface area contributed by atoms with Crippen molar-refractivity contribution in [1.29, 1.82) is 0 Å². The Morgan fingerprint density at radius 2 is 1.73 bits per heavy atom. The Hall–Kier alpha value is -2.86. The number of ether oxygens (including phenoxy) is 1. The van der Waals surface area contributed by atoms with Crippen LogP contribution in [0.4, 0.5) is 23.0 Å². The van der Waals surface area contributed by atoms with Crippen LogP contribution in [0.5, 0.6) is 5.75 Å². The third kappa shape index (κ3) is 6.71. The zero-order valence-electron chi connectivity index (χ0n) is 23.4. The fourth-order valence-electron chi connectivity index (χ4n) is 5.99. The lowest BCUT2D eigenvalue weighted by atomic mass is 9.93. The average molecular weight is 573 g/mol. The molecule has 2 aromatic rings. The van der Waals surface area contributed by atoms with Crippen LogP contribution in [0.1, 0.15) is 49.0 Å². The van der Waals surface area contributed by atoms with E-state index in [1.807, 2.05) is 18.2 Å². The average Bonchev–Trinajstić information content (AvgIpc) is 2.96. The predicted molar refractivity (Wildman–Crippen MR) is 158 cm³/mol. The molecule has 0 spiro atoms. The van der Waals surface area contributed by atoms with Gasteiger partial charge in [0, 0.05) is 63.1 Å². The molecule has 3 heterocycles. The Kier molecular flexibility index (Phi) is 9.14.